The molecule has 2 aromatic rings. The number of hydrogen-bond acceptors (Lipinski definition) is 4. The molecule has 150 valence electrons. The zero-order valence-corrected chi connectivity index (χ0v) is 18.0. The molecule has 2 saturated heterocycles. The van der Waals surface area contributed by atoms with Crippen molar-refractivity contribution in [2.75, 3.05) is 44.2 Å². The van der Waals surface area contributed by atoms with E-state index >= 15 is 0 Å². The minimum Gasteiger partial charge on any atom is -0.369 e. The molecule has 2 unspecified atom stereocenters. The molecule has 28 heavy (non-hydrogen) atoms. The van der Waals surface area contributed by atoms with Crippen LogP contribution < -0.4 is 15.8 Å². The average molecular weight is 419 g/mol. The van der Waals surface area contributed by atoms with Gasteiger partial charge < -0.3 is 4.90 Å². The molecule has 0 amide bonds. The van der Waals surface area contributed by atoms with Crippen molar-refractivity contribution in [2.24, 2.45) is 5.92 Å². The Morgan fingerprint density at radius 2 is 1.82 bits per heavy atom. The predicted octanol–water partition coefficient (Wildman–Crippen LogP) is 4.20. The zero-order chi connectivity index (χ0) is 19.7. The van der Waals surface area contributed by atoms with Crippen molar-refractivity contribution < 1.29 is 0 Å². The van der Waals surface area contributed by atoms with Gasteiger partial charge in [0.2, 0.25) is 0 Å². The van der Waals surface area contributed by atoms with Gasteiger partial charge in [-0.1, -0.05) is 41.4 Å². The highest BCUT2D eigenvalue weighted by Crippen LogP contribution is 2.33. The number of halogens is 2. The third-order valence-electron chi connectivity index (χ3n) is 6.17. The summed E-state index contributed by atoms with van der Waals surface area (Å²) in [5.41, 5.74) is 12.0. The van der Waals surface area contributed by atoms with Crippen molar-refractivity contribution in [1.29, 1.82) is 0 Å². The highest BCUT2D eigenvalue weighted by atomic mass is 35.5. The average Bonchev–Trinajstić information content (AvgIpc) is 3.13. The summed E-state index contributed by atoms with van der Waals surface area (Å²) in [5.74, 6) is 0.478. The highest BCUT2D eigenvalue weighted by molar-refractivity contribution is 6.35. The number of anilines is 1. The predicted molar refractivity (Wildman–Crippen MR) is 118 cm³/mol. The Kier molecular flexibility index (Phi) is 6.14. The van der Waals surface area contributed by atoms with Crippen molar-refractivity contribution in [3.05, 3.63) is 63.1 Å². The van der Waals surface area contributed by atoms with Crippen molar-refractivity contribution in [3.8, 4) is 0 Å². The molecule has 4 nitrogen and oxygen atoms in total. The van der Waals surface area contributed by atoms with Crippen LogP contribution in [0.3, 0.4) is 0 Å². The smallest absolute Gasteiger partial charge is 0.0530 e. The van der Waals surface area contributed by atoms with Gasteiger partial charge in [-0.05, 0) is 48.7 Å². The topological polar surface area (TPSA) is 30.5 Å². The molecule has 4 rings (SSSR count). The van der Waals surface area contributed by atoms with E-state index in [0.29, 0.717) is 10.9 Å². The second-order valence-corrected chi connectivity index (χ2v) is 8.78. The van der Waals surface area contributed by atoms with Gasteiger partial charge >= 0.3 is 0 Å². The highest BCUT2D eigenvalue weighted by Gasteiger charge is 2.32. The van der Waals surface area contributed by atoms with Crippen LogP contribution in [0.5, 0.6) is 0 Å². The Hall–Kier alpha value is -1.30. The van der Waals surface area contributed by atoms with Crippen LogP contribution in [0.1, 0.15) is 22.7 Å². The zero-order valence-electron chi connectivity index (χ0n) is 16.5. The fourth-order valence-corrected chi connectivity index (χ4v) is 4.90. The Balaban J connectivity index is 1.38. The van der Waals surface area contributed by atoms with Crippen molar-refractivity contribution in [2.45, 2.75) is 19.9 Å². The number of nitrogens with zero attached hydrogens (tertiary/aromatic N) is 2. The van der Waals surface area contributed by atoms with Crippen LogP contribution in [0.2, 0.25) is 10.0 Å². The van der Waals surface area contributed by atoms with Gasteiger partial charge in [0.1, 0.15) is 0 Å². The van der Waals surface area contributed by atoms with Crippen LogP contribution >= 0.6 is 23.2 Å². The summed E-state index contributed by atoms with van der Waals surface area (Å²) in [6, 6.07) is 12.6. The van der Waals surface area contributed by atoms with Gasteiger partial charge in [-0.3, -0.25) is 10.3 Å². The molecule has 2 fully saturated rings. The van der Waals surface area contributed by atoms with Crippen LogP contribution in [0, 0.1) is 19.8 Å². The van der Waals surface area contributed by atoms with Crippen LogP contribution in [0.15, 0.2) is 36.4 Å². The van der Waals surface area contributed by atoms with Gasteiger partial charge in [0.15, 0.2) is 0 Å². The maximum Gasteiger partial charge on any atom is 0.0530 e. The Morgan fingerprint density at radius 1 is 1.04 bits per heavy atom. The first-order valence-corrected chi connectivity index (χ1v) is 10.8. The number of aryl methyl sites for hydroxylation is 1. The summed E-state index contributed by atoms with van der Waals surface area (Å²) in [4.78, 5) is 5.11. The van der Waals surface area contributed by atoms with Gasteiger partial charge in [0.05, 0.1) is 6.04 Å². The van der Waals surface area contributed by atoms with E-state index in [1.54, 1.807) is 0 Å². The van der Waals surface area contributed by atoms with E-state index in [1.165, 1.54) is 16.8 Å². The lowest BCUT2D eigenvalue weighted by molar-refractivity contribution is 0.214. The summed E-state index contributed by atoms with van der Waals surface area (Å²) < 4.78 is 0. The van der Waals surface area contributed by atoms with Gasteiger partial charge in [0, 0.05) is 60.9 Å². The summed E-state index contributed by atoms with van der Waals surface area (Å²) in [7, 11) is 0. The third-order valence-corrected chi connectivity index (χ3v) is 6.73. The van der Waals surface area contributed by atoms with E-state index in [0.717, 1.165) is 49.9 Å². The van der Waals surface area contributed by atoms with E-state index in [4.69, 9.17) is 23.2 Å². The summed E-state index contributed by atoms with van der Waals surface area (Å²) >= 11 is 12.5. The maximum absolute atomic E-state index is 6.46. The molecular formula is C22H28Cl2N4. The summed E-state index contributed by atoms with van der Waals surface area (Å²) in [6.07, 6.45) is 0. The number of benzene rings is 2. The molecule has 0 saturated carbocycles. The lowest BCUT2D eigenvalue weighted by Gasteiger charge is -2.38. The lowest BCUT2D eigenvalue weighted by Crippen LogP contribution is -2.48. The van der Waals surface area contributed by atoms with Crippen LogP contribution in [0.25, 0.3) is 0 Å². The lowest BCUT2D eigenvalue weighted by atomic mass is 9.94. The Morgan fingerprint density at radius 3 is 2.57 bits per heavy atom. The number of hydrazine groups is 1. The van der Waals surface area contributed by atoms with Crippen molar-refractivity contribution in [1.82, 2.24) is 15.8 Å². The van der Waals surface area contributed by atoms with Crippen LogP contribution in [0.4, 0.5) is 5.69 Å². The molecule has 2 atom stereocenters. The minimum absolute atomic E-state index is 0.210. The Labute approximate surface area is 177 Å². The molecule has 2 aromatic carbocycles. The van der Waals surface area contributed by atoms with E-state index in [9.17, 15) is 0 Å². The monoisotopic (exact) mass is 418 g/mol. The first-order valence-electron chi connectivity index (χ1n) is 10.00. The molecule has 0 radical (unpaired) electrons. The SMILES string of the molecule is Cc1cccc(N2CCN(CC3CNNC3c3ccc(Cl)cc3Cl)CC2)c1C. The Bertz CT molecular complexity index is 833. The molecule has 0 aliphatic carbocycles. The van der Waals surface area contributed by atoms with Gasteiger partial charge in [-0.2, -0.15) is 0 Å². The number of nitrogens with one attached hydrogen (secondary N) is 2. The van der Waals surface area contributed by atoms with E-state index < -0.39 is 0 Å². The number of rotatable bonds is 4. The van der Waals surface area contributed by atoms with E-state index in [-0.39, 0.29) is 6.04 Å². The number of piperazine rings is 1. The van der Waals surface area contributed by atoms with Crippen molar-refractivity contribution >= 4 is 28.9 Å². The van der Waals surface area contributed by atoms with E-state index in [2.05, 4.69) is 52.7 Å². The molecule has 6 heteroatoms. The first kappa shape index (κ1) is 20.0. The molecule has 0 spiro atoms. The maximum atomic E-state index is 6.46. The fraction of sp³-hybridized carbons (Fsp3) is 0.455. The fourth-order valence-electron chi connectivity index (χ4n) is 4.37. The normalized spacial score (nSPS) is 23.4. The largest absolute Gasteiger partial charge is 0.369 e. The molecule has 2 N–H and O–H groups in total. The second kappa shape index (κ2) is 8.60. The van der Waals surface area contributed by atoms with E-state index in [1.807, 2.05) is 18.2 Å². The summed E-state index contributed by atoms with van der Waals surface area (Å²) in [6.45, 7) is 10.8. The van der Waals surface area contributed by atoms with Gasteiger partial charge in [-0.15, -0.1) is 0 Å². The molecule has 0 aromatic heterocycles. The minimum atomic E-state index is 0.210. The van der Waals surface area contributed by atoms with Crippen LogP contribution in [-0.4, -0.2) is 44.2 Å². The second-order valence-electron chi connectivity index (χ2n) is 7.94. The van der Waals surface area contributed by atoms with Crippen LogP contribution in [-0.2, 0) is 0 Å². The standard InChI is InChI=1S/C22H28Cl2N4/c1-15-4-3-5-21(16(15)2)28-10-8-27(9-11-28)14-17-13-25-26-22(17)19-7-6-18(23)12-20(19)24/h3-7,12,17,22,25-26H,8-11,13-14H2,1-2H3. The summed E-state index contributed by atoms with van der Waals surface area (Å²) in [5, 5.41) is 1.41. The first-order chi connectivity index (χ1) is 13.5. The number of hydrogen-bond donors (Lipinski definition) is 2. The van der Waals surface area contributed by atoms with Gasteiger partial charge in [0.25, 0.3) is 0 Å². The van der Waals surface area contributed by atoms with Gasteiger partial charge in [-0.25, -0.2) is 5.43 Å². The quantitative estimate of drug-likeness (QED) is 0.778. The molecule has 0 bridgehead atoms. The third kappa shape index (κ3) is 4.17. The molecule has 2 aliphatic heterocycles. The molecular weight excluding hydrogens is 391 g/mol. The van der Waals surface area contributed by atoms with Crippen molar-refractivity contribution in [3.63, 3.8) is 0 Å². The molecule has 2 heterocycles. The molecule has 2 aliphatic rings.